The zero-order chi connectivity index (χ0) is 12.3. The van der Waals surface area contributed by atoms with Crippen LogP contribution >= 0.6 is 0 Å². The van der Waals surface area contributed by atoms with Gasteiger partial charge in [0.25, 0.3) is 0 Å². The second-order valence-electron chi connectivity index (χ2n) is 5.07. The maximum Gasteiger partial charge on any atom is 0.0693 e. The summed E-state index contributed by atoms with van der Waals surface area (Å²) in [5, 5.41) is 13.1. The number of β-amino-alcohol motifs (C(OH)–C–C–N with tert-alkyl or cyclic N) is 1. The molecule has 0 radical (unpaired) electrons. The van der Waals surface area contributed by atoms with Crippen molar-refractivity contribution in [2.24, 2.45) is 17.6 Å². The molecule has 1 aliphatic heterocycles. The van der Waals surface area contributed by atoms with Crippen LogP contribution in [0.15, 0.2) is 24.3 Å². The van der Waals surface area contributed by atoms with Crippen LogP contribution in [0.5, 0.6) is 0 Å². The minimum Gasteiger partial charge on any atom is -0.392 e. The second-order valence-corrected chi connectivity index (χ2v) is 5.07. The lowest BCUT2D eigenvalue weighted by atomic mass is 9.82. The molecule has 2 rings (SSSR count). The first-order valence-corrected chi connectivity index (χ1v) is 6.37. The molecule has 1 aromatic rings. The molecule has 0 spiro atoms. The molecule has 1 fully saturated rings. The Kier molecular flexibility index (Phi) is 4.15. The summed E-state index contributed by atoms with van der Waals surface area (Å²) in [4.78, 5) is 0. The van der Waals surface area contributed by atoms with E-state index in [4.69, 9.17) is 5.73 Å². The van der Waals surface area contributed by atoms with Crippen molar-refractivity contribution in [2.45, 2.75) is 26.0 Å². The normalized spacial score (nSPS) is 29.2. The van der Waals surface area contributed by atoms with Crippen molar-refractivity contribution < 1.29 is 5.11 Å². The number of piperidine rings is 1. The Morgan fingerprint density at radius 2 is 1.88 bits per heavy atom. The Bertz CT molecular complexity index is 350. The Labute approximate surface area is 103 Å². The number of hydrogen-bond acceptors (Lipinski definition) is 3. The van der Waals surface area contributed by atoms with Crippen LogP contribution in [0.25, 0.3) is 0 Å². The highest BCUT2D eigenvalue weighted by molar-refractivity contribution is 5.23. The van der Waals surface area contributed by atoms with Crippen LogP contribution in [-0.4, -0.2) is 24.3 Å². The molecule has 3 atom stereocenters. The molecule has 94 valence electrons. The van der Waals surface area contributed by atoms with Crippen molar-refractivity contribution in [2.75, 3.05) is 13.1 Å². The summed E-state index contributed by atoms with van der Waals surface area (Å²) in [6.07, 6.45) is 0.813. The van der Waals surface area contributed by atoms with Crippen LogP contribution in [0, 0.1) is 11.8 Å². The van der Waals surface area contributed by atoms with Gasteiger partial charge in [-0.2, -0.15) is 0 Å². The number of rotatable bonds is 3. The molecule has 0 bridgehead atoms. The lowest BCUT2D eigenvalue weighted by Crippen LogP contribution is -2.46. The van der Waals surface area contributed by atoms with Gasteiger partial charge in [-0.3, -0.25) is 0 Å². The van der Waals surface area contributed by atoms with Gasteiger partial charge in [-0.15, -0.1) is 0 Å². The van der Waals surface area contributed by atoms with E-state index in [2.05, 4.69) is 36.5 Å². The topological polar surface area (TPSA) is 58.3 Å². The second kappa shape index (κ2) is 5.63. The van der Waals surface area contributed by atoms with Crippen molar-refractivity contribution in [1.82, 2.24) is 5.32 Å². The monoisotopic (exact) mass is 234 g/mol. The van der Waals surface area contributed by atoms with Gasteiger partial charge in [0, 0.05) is 13.1 Å². The maximum absolute atomic E-state index is 9.83. The molecule has 17 heavy (non-hydrogen) atoms. The SMILES string of the molecule is CC1C(O)CNCC1Cc1ccc(CN)cc1. The highest BCUT2D eigenvalue weighted by Crippen LogP contribution is 2.23. The van der Waals surface area contributed by atoms with E-state index in [1.54, 1.807) is 0 Å². The molecule has 1 aromatic carbocycles. The van der Waals surface area contributed by atoms with Crippen molar-refractivity contribution in [3.63, 3.8) is 0 Å². The van der Waals surface area contributed by atoms with Crippen molar-refractivity contribution in [3.05, 3.63) is 35.4 Å². The molecule has 0 saturated carbocycles. The van der Waals surface area contributed by atoms with E-state index < -0.39 is 0 Å². The molecule has 0 amide bonds. The summed E-state index contributed by atoms with van der Waals surface area (Å²) in [6, 6.07) is 8.48. The van der Waals surface area contributed by atoms with E-state index in [1.807, 2.05) is 0 Å². The Morgan fingerprint density at radius 1 is 1.24 bits per heavy atom. The van der Waals surface area contributed by atoms with Crippen molar-refractivity contribution >= 4 is 0 Å². The molecule has 1 aliphatic rings. The Morgan fingerprint density at radius 3 is 2.53 bits per heavy atom. The van der Waals surface area contributed by atoms with Gasteiger partial charge >= 0.3 is 0 Å². The smallest absolute Gasteiger partial charge is 0.0693 e. The maximum atomic E-state index is 9.83. The summed E-state index contributed by atoms with van der Waals surface area (Å²) >= 11 is 0. The predicted molar refractivity (Wildman–Crippen MR) is 69.6 cm³/mol. The average molecular weight is 234 g/mol. The van der Waals surface area contributed by atoms with Crippen molar-refractivity contribution in [1.29, 1.82) is 0 Å². The quantitative estimate of drug-likeness (QED) is 0.728. The fraction of sp³-hybridized carbons (Fsp3) is 0.571. The zero-order valence-corrected chi connectivity index (χ0v) is 10.4. The average Bonchev–Trinajstić information content (AvgIpc) is 2.36. The fourth-order valence-corrected chi connectivity index (χ4v) is 2.47. The van der Waals surface area contributed by atoms with Gasteiger partial charge in [-0.05, 0) is 35.9 Å². The highest BCUT2D eigenvalue weighted by Gasteiger charge is 2.28. The summed E-state index contributed by atoms with van der Waals surface area (Å²) in [5.74, 6) is 0.882. The molecule has 1 saturated heterocycles. The number of benzene rings is 1. The Hall–Kier alpha value is -0.900. The number of hydrogen-bond donors (Lipinski definition) is 3. The van der Waals surface area contributed by atoms with Crippen LogP contribution in [0.3, 0.4) is 0 Å². The van der Waals surface area contributed by atoms with E-state index in [9.17, 15) is 5.11 Å². The van der Waals surface area contributed by atoms with Gasteiger partial charge in [0.1, 0.15) is 0 Å². The third kappa shape index (κ3) is 3.06. The summed E-state index contributed by atoms with van der Waals surface area (Å²) in [5.41, 5.74) is 8.08. The molecular weight excluding hydrogens is 212 g/mol. The van der Waals surface area contributed by atoms with Gasteiger partial charge in [0.05, 0.1) is 6.10 Å². The first kappa shape index (κ1) is 12.6. The van der Waals surface area contributed by atoms with Crippen LogP contribution in [-0.2, 0) is 13.0 Å². The number of aliphatic hydroxyl groups excluding tert-OH is 1. The van der Waals surface area contributed by atoms with Crippen LogP contribution in [0.1, 0.15) is 18.1 Å². The molecule has 0 aromatic heterocycles. The van der Waals surface area contributed by atoms with E-state index in [0.29, 0.717) is 18.4 Å². The molecule has 0 aliphatic carbocycles. The van der Waals surface area contributed by atoms with E-state index in [0.717, 1.165) is 19.5 Å². The zero-order valence-electron chi connectivity index (χ0n) is 10.4. The summed E-state index contributed by atoms with van der Waals surface area (Å²) in [6.45, 7) is 4.46. The summed E-state index contributed by atoms with van der Waals surface area (Å²) < 4.78 is 0. The summed E-state index contributed by atoms with van der Waals surface area (Å²) in [7, 11) is 0. The fourth-order valence-electron chi connectivity index (χ4n) is 2.47. The number of nitrogens with one attached hydrogen (secondary N) is 1. The lowest BCUT2D eigenvalue weighted by Gasteiger charge is -2.33. The van der Waals surface area contributed by atoms with Crippen LogP contribution in [0.2, 0.25) is 0 Å². The van der Waals surface area contributed by atoms with E-state index >= 15 is 0 Å². The molecule has 1 heterocycles. The highest BCUT2D eigenvalue weighted by atomic mass is 16.3. The van der Waals surface area contributed by atoms with Crippen LogP contribution < -0.4 is 11.1 Å². The minimum absolute atomic E-state index is 0.211. The minimum atomic E-state index is -0.211. The third-order valence-electron chi connectivity index (χ3n) is 3.87. The van der Waals surface area contributed by atoms with Gasteiger partial charge < -0.3 is 16.2 Å². The molecule has 3 nitrogen and oxygen atoms in total. The number of nitrogens with two attached hydrogens (primary N) is 1. The first-order chi connectivity index (χ1) is 8.20. The standard InChI is InChI=1S/C14H22N2O/c1-10-13(8-16-9-14(10)17)6-11-2-4-12(7-15)5-3-11/h2-5,10,13-14,16-17H,6-9,15H2,1H3. The largest absolute Gasteiger partial charge is 0.392 e. The number of aliphatic hydroxyl groups is 1. The van der Waals surface area contributed by atoms with Crippen molar-refractivity contribution in [3.8, 4) is 0 Å². The predicted octanol–water partition coefficient (Wildman–Crippen LogP) is 0.904. The first-order valence-electron chi connectivity index (χ1n) is 6.37. The van der Waals surface area contributed by atoms with E-state index in [1.165, 1.54) is 11.1 Å². The van der Waals surface area contributed by atoms with Gasteiger partial charge in [-0.25, -0.2) is 0 Å². The molecular formula is C14H22N2O. The van der Waals surface area contributed by atoms with E-state index in [-0.39, 0.29) is 6.10 Å². The lowest BCUT2D eigenvalue weighted by molar-refractivity contribution is 0.0556. The molecule has 3 heteroatoms. The van der Waals surface area contributed by atoms with Crippen LogP contribution in [0.4, 0.5) is 0 Å². The Balaban J connectivity index is 1.99. The van der Waals surface area contributed by atoms with Gasteiger partial charge in [0.15, 0.2) is 0 Å². The van der Waals surface area contributed by atoms with Gasteiger partial charge in [-0.1, -0.05) is 31.2 Å². The van der Waals surface area contributed by atoms with Gasteiger partial charge in [0.2, 0.25) is 0 Å². The third-order valence-corrected chi connectivity index (χ3v) is 3.87. The molecule has 3 unspecified atom stereocenters. The molecule has 4 N–H and O–H groups in total.